The molecule has 0 aromatic rings. The summed E-state index contributed by atoms with van der Waals surface area (Å²) in [5, 5.41) is 0.106. The second-order valence-corrected chi connectivity index (χ2v) is 7.45. The lowest BCUT2D eigenvalue weighted by Gasteiger charge is -2.35. The predicted octanol–water partition coefficient (Wildman–Crippen LogP) is 3.65. The molecule has 3 saturated carbocycles. The number of rotatable bonds is 0. The van der Waals surface area contributed by atoms with E-state index >= 15 is 0 Å². The molecule has 1 spiro atoms. The maximum Gasteiger partial charge on any atom is 0.141 e. The van der Waals surface area contributed by atoms with Gasteiger partial charge in [0.2, 0.25) is 0 Å². The molecule has 16 heavy (non-hydrogen) atoms. The number of halogens is 1. The number of carbonyl (C=O) groups is 1. The van der Waals surface area contributed by atoms with Gasteiger partial charge in [0.05, 0.1) is 5.41 Å². The summed E-state index contributed by atoms with van der Waals surface area (Å²) in [5.41, 5.74) is 0.184. The van der Waals surface area contributed by atoms with Gasteiger partial charge in [-0.2, -0.15) is 0 Å². The number of ketones is 1. The van der Waals surface area contributed by atoms with Crippen LogP contribution in [-0.4, -0.2) is 11.2 Å². The second kappa shape index (κ2) is 3.04. The average Bonchev–Trinajstić information content (AvgIpc) is 2.71. The molecular formula is C14H21ClO. The van der Waals surface area contributed by atoms with E-state index in [1.54, 1.807) is 0 Å². The molecule has 0 saturated heterocycles. The third-order valence-corrected chi connectivity index (χ3v) is 6.35. The largest absolute Gasteiger partial charge is 0.299 e. The van der Waals surface area contributed by atoms with Crippen LogP contribution in [0, 0.1) is 28.6 Å². The minimum Gasteiger partial charge on any atom is -0.299 e. The van der Waals surface area contributed by atoms with Crippen LogP contribution in [-0.2, 0) is 4.79 Å². The Kier molecular flexibility index (Phi) is 2.11. The molecule has 3 aliphatic carbocycles. The lowest BCUT2D eigenvalue weighted by atomic mass is 9.70. The van der Waals surface area contributed by atoms with Gasteiger partial charge >= 0.3 is 0 Å². The molecule has 0 heterocycles. The molecule has 0 aromatic carbocycles. The maximum absolute atomic E-state index is 12.4. The quantitative estimate of drug-likeness (QED) is 0.591. The Balaban J connectivity index is 2.14. The number of hydrogen-bond donors (Lipinski definition) is 0. The van der Waals surface area contributed by atoms with E-state index < -0.39 is 0 Å². The highest BCUT2D eigenvalue weighted by atomic mass is 35.5. The van der Waals surface area contributed by atoms with E-state index in [4.69, 9.17) is 11.6 Å². The van der Waals surface area contributed by atoms with Gasteiger partial charge in [0.1, 0.15) is 5.78 Å². The van der Waals surface area contributed by atoms with Crippen molar-refractivity contribution in [2.75, 3.05) is 0 Å². The monoisotopic (exact) mass is 240 g/mol. The van der Waals surface area contributed by atoms with Crippen LogP contribution < -0.4 is 0 Å². The molecule has 90 valence electrons. The van der Waals surface area contributed by atoms with Gasteiger partial charge in [-0.1, -0.05) is 20.8 Å². The third-order valence-electron chi connectivity index (χ3n) is 5.81. The normalized spacial score (nSPS) is 54.1. The predicted molar refractivity (Wildman–Crippen MR) is 65.5 cm³/mol. The smallest absolute Gasteiger partial charge is 0.141 e. The van der Waals surface area contributed by atoms with Crippen molar-refractivity contribution in [2.24, 2.45) is 28.6 Å². The van der Waals surface area contributed by atoms with E-state index in [2.05, 4.69) is 20.8 Å². The molecule has 0 radical (unpaired) electrons. The van der Waals surface area contributed by atoms with E-state index in [0.29, 0.717) is 29.0 Å². The molecular weight excluding hydrogens is 220 g/mol. The molecule has 1 unspecified atom stereocenters. The van der Waals surface area contributed by atoms with Crippen molar-refractivity contribution in [3.8, 4) is 0 Å². The Bertz CT molecular complexity index is 349. The minimum absolute atomic E-state index is 0.106. The first-order valence-corrected chi connectivity index (χ1v) is 7.01. The first-order chi connectivity index (χ1) is 7.40. The van der Waals surface area contributed by atoms with Crippen molar-refractivity contribution in [3.05, 3.63) is 0 Å². The molecule has 0 N–H and O–H groups in total. The van der Waals surface area contributed by atoms with Crippen molar-refractivity contribution in [1.82, 2.24) is 0 Å². The zero-order chi connectivity index (χ0) is 11.7. The Hall–Kier alpha value is -0.0400. The molecule has 3 aliphatic rings. The average molecular weight is 241 g/mol. The van der Waals surface area contributed by atoms with Crippen LogP contribution in [0.25, 0.3) is 0 Å². The summed E-state index contributed by atoms with van der Waals surface area (Å²) >= 11 is 6.60. The maximum atomic E-state index is 12.4. The van der Waals surface area contributed by atoms with Gasteiger partial charge in [-0.15, -0.1) is 11.6 Å². The van der Waals surface area contributed by atoms with Crippen LogP contribution in [0.2, 0.25) is 0 Å². The summed E-state index contributed by atoms with van der Waals surface area (Å²) in [7, 11) is 0. The summed E-state index contributed by atoms with van der Waals surface area (Å²) in [4.78, 5) is 12.4. The minimum atomic E-state index is -0.134. The van der Waals surface area contributed by atoms with Gasteiger partial charge in [-0.3, -0.25) is 4.79 Å². The van der Waals surface area contributed by atoms with Crippen LogP contribution in [0.5, 0.6) is 0 Å². The Labute approximate surface area is 103 Å². The molecule has 0 bridgehead atoms. The highest BCUT2D eigenvalue weighted by molar-refractivity contribution is 6.23. The molecule has 1 nitrogen and oxygen atoms in total. The molecule has 0 amide bonds. The SMILES string of the molecule is C[C@H]1C[C@@H](Cl)C23C(=O)CC[C@H]2C(C)(C)C[C@H]13. The fourth-order valence-corrected chi connectivity index (χ4v) is 6.01. The Morgan fingerprint density at radius 2 is 2.06 bits per heavy atom. The number of hydrogen-bond acceptors (Lipinski definition) is 1. The van der Waals surface area contributed by atoms with Gasteiger partial charge in [0, 0.05) is 11.8 Å². The lowest BCUT2D eigenvalue weighted by Crippen LogP contribution is -2.40. The highest BCUT2D eigenvalue weighted by Gasteiger charge is 2.70. The van der Waals surface area contributed by atoms with Crippen molar-refractivity contribution in [2.45, 2.75) is 51.8 Å². The van der Waals surface area contributed by atoms with Crippen LogP contribution in [0.4, 0.5) is 0 Å². The van der Waals surface area contributed by atoms with Gasteiger partial charge in [-0.05, 0) is 42.4 Å². The molecule has 5 atom stereocenters. The lowest BCUT2D eigenvalue weighted by molar-refractivity contribution is -0.128. The number of carbonyl (C=O) groups excluding carboxylic acids is 1. The molecule has 3 fully saturated rings. The summed E-state index contributed by atoms with van der Waals surface area (Å²) in [6, 6.07) is 0. The molecule has 0 aromatic heterocycles. The molecule has 2 heteroatoms. The topological polar surface area (TPSA) is 17.1 Å². The van der Waals surface area contributed by atoms with Crippen LogP contribution in [0.3, 0.4) is 0 Å². The number of alkyl halides is 1. The summed E-state index contributed by atoms with van der Waals surface area (Å²) < 4.78 is 0. The second-order valence-electron chi connectivity index (χ2n) is 6.93. The van der Waals surface area contributed by atoms with E-state index in [0.717, 1.165) is 19.3 Å². The van der Waals surface area contributed by atoms with E-state index in [1.165, 1.54) is 6.42 Å². The van der Waals surface area contributed by atoms with E-state index in [1.807, 2.05) is 0 Å². The summed E-state index contributed by atoms with van der Waals surface area (Å²) in [5.74, 6) is 2.22. The van der Waals surface area contributed by atoms with Crippen LogP contribution >= 0.6 is 11.6 Å². The molecule has 3 rings (SSSR count). The zero-order valence-corrected chi connectivity index (χ0v) is 11.2. The number of Topliss-reactive ketones (excluding diaryl/α,β-unsaturated/α-hetero) is 1. The van der Waals surface area contributed by atoms with Crippen molar-refractivity contribution >= 4 is 17.4 Å². The highest BCUT2D eigenvalue weighted by Crippen LogP contribution is 2.71. The van der Waals surface area contributed by atoms with Crippen LogP contribution in [0.15, 0.2) is 0 Å². The zero-order valence-electron chi connectivity index (χ0n) is 10.4. The van der Waals surface area contributed by atoms with Crippen molar-refractivity contribution in [1.29, 1.82) is 0 Å². The van der Waals surface area contributed by atoms with E-state index in [-0.39, 0.29) is 10.8 Å². The summed E-state index contributed by atoms with van der Waals surface area (Å²) in [6.45, 7) is 6.97. The molecule has 0 aliphatic heterocycles. The fraction of sp³-hybridized carbons (Fsp3) is 0.929. The van der Waals surface area contributed by atoms with Gasteiger partial charge in [-0.25, -0.2) is 0 Å². The van der Waals surface area contributed by atoms with Gasteiger partial charge in [0.25, 0.3) is 0 Å². The van der Waals surface area contributed by atoms with Gasteiger partial charge in [0.15, 0.2) is 0 Å². The van der Waals surface area contributed by atoms with Crippen molar-refractivity contribution < 1.29 is 4.79 Å². The fourth-order valence-electron chi connectivity index (χ4n) is 5.29. The first kappa shape index (κ1) is 11.1. The van der Waals surface area contributed by atoms with Crippen LogP contribution in [0.1, 0.15) is 46.5 Å². The Morgan fingerprint density at radius 1 is 1.38 bits per heavy atom. The van der Waals surface area contributed by atoms with Crippen molar-refractivity contribution in [3.63, 3.8) is 0 Å². The van der Waals surface area contributed by atoms with E-state index in [9.17, 15) is 4.79 Å². The van der Waals surface area contributed by atoms with Gasteiger partial charge < -0.3 is 0 Å². The standard InChI is InChI=1S/C14H21ClO/c1-8-6-11(15)14-9(8)7-13(2,3)10(14)4-5-12(14)16/h8-11H,4-7H2,1-3H3/t8-,9+,10-,11+,14?/m0/s1. The first-order valence-electron chi connectivity index (χ1n) is 6.58. The Morgan fingerprint density at radius 3 is 2.75 bits per heavy atom. The third kappa shape index (κ3) is 1.02. The summed E-state index contributed by atoms with van der Waals surface area (Å²) in [6.07, 6.45) is 4.11.